The summed E-state index contributed by atoms with van der Waals surface area (Å²) < 4.78 is 0. The number of hydrogen-bond acceptors (Lipinski definition) is 2. The SMILES string of the molecule is CC(O)(C1CCCCC1)C1(CN)CCCCCC1. The first kappa shape index (κ1) is 14.3. The Labute approximate surface area is 112 Å². The molecule has 18 heavy (non-hydrogen) atoms. The second-order valence-electron chi connectivity index (χ2n) is 6.88. The molecule has 2 fully saturated rings. The molecule has 0 aromatic carbocycles. The van der Waals surface area contributed by atoms with Gasteiger partial charge in [0.05, 0.1) is 5.60 Å². The molecule has 2 aliphatic carbocycles. The van der Waals surface area contributed by atoms with Crippen LogP contribution in [0.15, 0.2) is 0 Å². The van der Waals surface area contributed by atoms with Crippen molar-refractivity contribution in [3.8, 4) is 0 Å². The molecule has 3 N–H and O–H groups in total. The number of hydrogen-bond donors (Lipinski definition) is 2. The van der Waals surface area contributed by atoms with Crippen molar-refractivity contribution in [3.05, 3.63) is 0 Å². The standard InChI is InChI=1S/C16H31NO/c1-15(18,14-9-5-4-6-10-14)16(13-17)11-7-2-3-8-12-16/h14,18H,2-13,17H2,1H3. The monoisotopic (exact) mass is 253 g/mol. The highest BCUT2D eigenvalue weighted by molar-refractivity contribution is 5.01. The zero-order chi connectivity index (χ0) is 13.1. The van der Waals surface area contributed by atoms with Crippen molar-refractivity contribution in [2.75, 3.05) is 6.54 Å². The summed E-state index contributed by atoms with van der Waals surface area (Å²) in [7, 11) is 0. The lowest BCUT2D eigenvalue weighted by Crippen LogP contribution is -2.55. The second kappa shape index (κ2) is 5.92. The molecule has 2 nitrogen and oxygen atoms in total. The highest BCUT2D eigenvalue weighted by Crippen LogP contribution is 2.49. The Kier molecular flexibility index (Phi) is 4.71. The van der Waals surface area contributed by atoms with Gasteiger partial charge in [0.1, 0.15) is 0 Å². The van der Waals surface area contributed by atoms with Gasteiger partial charge >= 0.3 is 0 Å². The van der Waals surface area contributed by atoms with Gasteiger partial charge in [0.15, 0.2) is 0 Å². The van der Waals surface area contributed by atoms with Crippen molar-refractivity contribution < 1.29 is 5.11 Å². The average molecular weight is 253 g/mol. The Morgan fingerprint density at radius 2 is 1.50 bits per heavy atom. The fraction of sp³-hybridized carbons (Fsp3) is 1.00. The molecule has 2 saturated carbocycles. The van der Waals surface area contributed by atoms with Crippen LogP contribution in [0.1, 0.15) is 77.6 Å². The summed E-state index contributed by atoms with van der Waals surface area (Å²) in [6.07, 6.45) is 13.7. The number of rotatable bonds is 3. The van der Waals surface area contributed by atoms with Crippen LogP contribution < -0.4 is 5.73 Å². The number of nitrogens with two attached hydrogens (primary N) is 1. The van der Waals surface area contributed by atoms with Crippen LogP contribution in [0, 0.1) is 11.3 Å². The summed E-state index contributed by atoms with van der Waals surface area (Å²) in [4.78, 5) is 0. The molecule has 2 heteroatoms. The van der Waals surface area contributed by atoms with E-state index in [0.29, 0.717) is 12.5 Å². The molecule has 2 aliphatic rings. The minimum atomic E-state index is -0.549. The van der Waals surface area contributed by atoms with Crippen LogP contribution in [-0.4, -0.2) is 17.3 Å². The van der Waals surface area contributed by atoms with Gasteiger partial charge < -0.3 is 10.8 Å². The Bertz CT molecular complexity index is 248. The fourth-order valence-electron chi connectivity index (χ4n) is 4.42. The molecule has 0 aromatic rings. The summed E-state index contributed by atoms with van der Waals surface area (Å²) in [6, 6.07) is 0. The van der Waals surface area contributed by atoms with Crippen molar-refractivity contribution in [2.45, 2.75) is 83.2 Å². The summed E-state index contributed by atoms with van der Waals surface area (Å²) in [5.41, 5.74) is 5.58. The van der Waals surface area contributed by atoms with Crippen LogP contribution in [0.2, 0.25) is 0 Å². The first-order chi connectivity index (χ1) is 8.62. The molecule has 0 radical (unpaired) electrons. The molecule has 0 saturated heterocycles. The lowest BCUT2D eigenvalue weighted by molar-refractivity contribution is -0.125. The molecule has 0 amide bonds. The van der Waals surface area contributed by atoms with Gasteiger partial charge in [-0.2, -0.15) is 0 Å². The fourth-order valence-corrected chi connectivity index (χ4v) is 4.42. The topological polar surface area (TPSA) is 46.2 Å². The Morgan fingerprint density at radius 1 is 1.00 bits per heavy atom. The van der Waals surface area contributed by atoms with Crippen molar-refractivity contribution in [3.63, 3.8) is 0 Å². The van der Waals surface area contributed by atoms with E-state index in [-0.39, 0.29) is 5.41 Å². The molecular formula is C16H31NO. The van der Waals surface area contributed by atoms with Crippen molar-refractivity contribution in [2.24, 2.45) is 17.1 Å². The Hall–Kier alpha value is -0.0800. The van der Waals surface area contributed by atoms with Crippen LogP contribution in [0.4, 0.5) is 0 Å². The molecule has 106 valence electrons. The maximum absolute atomic E-state index is 11.3. The highest BCUT2D eigenvalue weighted by Gasteiger charge is 2.50. The highest BCUT2D eigenvalue weighted by atomic mass is 16.3. The van der Waals surface area contributed by atoms with Gasteiger partial charge in [-0.25, -0.2) is 0 Å². The van der Waals surface area contributed by atoms with Crippen molar-refractivity contribution in [1.82, 2.24) is 0 Å². The second-order valence-corrected chi connectivity index (χ2v) is 6.88. The van der Waals surface area contributed by atoms with E-state index in [0.717, 1.165) is 12.8 Å². The predicted molar refractivity (Wildman–Crippen MR) is 76.4 cm³/mol. The lowest BCUT2D eigenvalue weighted by atomic mass is 9.60. The molecular weight excluding hydrogens is 222 g/mol. The smallest absolute Gasteiger partial charge is 0.0715 e. The van der Waals surface area contributed by atoms with E-state index in [2.05, 4.69) is 6.92 Å². The minimum absolute atomic E-state index is 0.00843. The van der Waals surface area contributed by atoms with Gasteiger partial charge in [-0.05, 0) is 38.5 Å². The molecule has 2 rings (SSSR count). The zero-order valence-corrected chi connectivity index (χ0v) is 12.1. The maximum Gasteiger partial charge on any atom is 0.0715 e. The molecule has 1 atom stereocenters. The van der Waals surface area contributed by atoms with E-state index in [1.54, 1.807) is 0 Å². The van der Waals surface area contributed by atoms with E-state index >= 15 is 0 Å². The third kappa shape index (κ3) is 2.60. The first-order valence-electron chi connectivity index (χ1n) is 8.05. The van der Waals surface area contributed by atoms with Crippen LogP contribution >= 0.6 is 0 Å². The van der Waals surface area contributed by atoms with E-state index in [1.807, 2.05) is 0 Å². The van der Waals surface area contributed by atoms with Gasteiger partial charge in [0.25, 0.3) is 0 Å². The molecule has 0 bridgehead atoms. The zero-order valence-electron chi connectivity index (χ0n) is 12.1. The quantitative estimate of drug-likeness (QED) is 0.755. The third-order valence-corrected chi connectivity index (χ3v) is 5.93. The lowest BCUT2D eigenvalue weighted by Gasteiger charge is -2.50. The summed E-state index contributed by atoms with van der Waals surface area (Å²) >= 11 is 0. The summed E-state index contributed by atoms with van der Waals surface area (Å²) in [5, 5.41) is 11.3. The predicted octanol–water partition coefficient (Wildman–Crippen LogP) is 3.62. The van der Waals surface area contributed by atoms with Gasteiger partial charge in [-0.15, -0.1) is 0 Å². The van der Waals surface area contributed by atoms with Crippen molar-refractivity contribution >= 4 is 0 Å². The largest absolute Gasteiger partial charge is 0.389 e. The molecule has 1 unspecified atom stereocenters. The van der Waals surface area contributed by atoms with E-state index in [9.17, 15) is 5.11 Å². The van der Waals surface area contributed by atoms with Crippen LogP contribution in [0.5, 0.6) is 0 Å². The van der Waals surface area contributed by atoms with Crippen molar-refractivity contribution in [1.29, 1.82) is 0 Å². The Morgan fingerprint density at radius 3 is 2.00 bits per heavy atom. The number of aliphatic hydroxyl groups is 1. The summed E-state index contributed by atoms with van der Waals surface area (Å²) in [5.74, 6) is 0.480. The molecule has 0 heterocycles. The third-order valence-electron chi connectivity index (χ3n) is 5.93. The maximum atomic E-state index is 11.3. The minimum Gasteiger partial charge on any atom is -0.389 e. The van der Waals surface area contributed by atoms with Crippen LogP contribution in [0.3, 0.4) is 0 Å². The van der Waals surface area contributed by atoms with E-state index in [4.69, 9.17) is 5.73 Å². The van der Waals surface area contributed by atoms with Gasteiger partial charge in [0.2, 0.25) is 0 Å². The molecule has 0 aromatic heterocycles. The average Bonchev–Trinajstić information content (AvgIpc) is 2.66. The van der Waals surface area contributed by atoms with Gasteiger partial charge in [-0.3, -0.25) is 0 Å². The molecule has 0 spiro atoms. The van der Waals surface area contributed by atoms with E-state index < -0.39 is 5.60 Å². The molecule has 0 aliphatic heterocycles. The van der Waals surface area contributed by atoms with Gasteiger partial charge in [-0.1, -0.05) is 44.9 Å². The normalized spacial score (nSPS) is 29.5. The first-order valence-corrected chi connectivity index (χ1v) is 8.05. The van der Waals surface area contributed by atoms with E-state index in [1.165, 1.54) is 57.8 Å². The summed E-state index contributed by atoms with van der Waals surface area (Å²) in [6.45, 7) is 2.76. The Balaban J connectivity index is 2.16. The van der Waals surface area contributed by atoms with Crippen LogP contribution in [0.25, 0.3) is 0 Å². The van der Waals surface area contributed by atoms with Crippen LogP contribution in [-0.2, 0) is 0 Å². The van der Waals surface area contributed by atoms with Gasteiger partial charge in [0, 0.05) is 12.0 Å².